The van der Waals surface area contributed by atoms with Crippen molar-refractivity contribution in [1.82, 2.24) is 4.98 Å². The van der Waals surface area contributed by atoms with Crippen molar-refractivity contribution in [2.24, 2.45) is 0 Å². The van der Waals surface area contributed by atoms with Gasteiger partial charge < -0.3 is 10.1 Å². The lowest BCUT2D eigenvalue weighted by Crippen LogP contribution is -2.31. The molecule has 1 amide bonds. The summed E-state index contributed by atoms with van der Waals surface area (Å²) in [5.74, 6) is -0.637. The highest BCUT2D eigenvalue weighted by molar-refractivity contribution is 7.21. The number of rotatable bonds is 5. The van der Waals surface area contributed by atoms with Gasteiger partial charge in [0.1, 0.15) is 17.7 Å². The smallest absolute Gasteiger partial charge is 0.359 e. The van der Waals surface area contributed by atoms with E-state index >= 15 is 0 Å². The first-order valence-corrected chi connectivity index (χ1v) is 8.59. The SMILES string of the molecule is CC(OCC(F)(F)F)C(=O)Nc1ccc(-c2nc3ccccc3s2)cc1. The zero-order chi connectivity index (χ0) is 18.7. The van der Waals surface area contributed by atoms with Gasteiger partial charge in [-0.15, -0.1) is 11.3 Å². The van der Waals surface area contributed by atoms with Crippen LogP contribution in [0.5, 0.6) is 0 Å². The minimum Gasteiger partial charge on any atom is -0.359 e. The van der Waals surface area contributed by atoms with Crippen molar-refractivity contribution in [3.63, 3.8) is 0 Å². The Bertz CT molecular complexity index is 874. The molecule has 0 aliphatic heterocycles. The van der Waals surface area contributed by atoms with Gasteiger partial charge in [0.15, 0.2) is 0 Å². The fraction of sp³-hybridized carbons (Fsp3) is 0.222. The van der Waals surface area contributed by atoms with Crippen molar-refractivity contribution < 1.29 is 22.7 Å². The summed E-state index contributed by atoms with van der Waals surface area (Å²) < 4.78 is 42.0. The van der Waals surface area contributed by atoms with E-state index in [0.29, 0.717) is 5.69 Å². The number of hydrogen-bond acceptors (Lipinski definition) is 4. The molecule has 8 heteroatoms. The Morgan fingerprint density at radius 1 is 1.19 bits per heavy atom. The fourth-order valence-corrected chi connectivity index (χ4v) is 3.20. The summed E-state index contributed by atoms with van der Waals surface area (Å²) in [4.78, 5) is 16.4. The van der Waals surface area contributed by atoms with Crippen LogP contribution in [-0.4, -0.2) is 29.8 Å². The maximum Gasteiger partial charge on any atom is 0.411 e. The summed E-state index contributed by atoms with van der Waals surface area (Å²) in [6.07, 6.45) is -5.67. The van der Waals surface area contributed by atoms with Crippen molar-refractivity contribution in [1.29, 1.82) is 0 Å². The van der Waals surface area contributed by atoms with Gasteiger partial charge in [-0.05, 0) is 43.3 Å². The first kappa shape index (κ1) is 18.3. The monoisotopic (exact) mass is 380 g/mol. The van der Waals surface area contributed by atoms with Crippen molar-refractivity contribution >= 4 is 33.1 Å². The second-order valence-corrected chi connectivity index (χ2v) is 6.65. The molecule has 3 rings (SSSR count). The Kier molecular flexibility index (Phi) is 5.24. The third-order valence-electron chi connectivity index (χ3n) is 3.56. The predicted octanol–water partition coefficient (Wildman–Crippen LogP) is 4.87. The van der Waals surface area contributed by atoms with E-state index in [0.717, 1.165) is 20.8 Å². The fourth-order valence-electron chi connectivity index (χ4n) is 2.23. The molecule has 4 nitrogen and oxygen atoms in total. The topological polar surface area (TPSA) is 51.2 Å². The first-order valence-electron chi connectivity index (χ1n) is 7.77. The number of hydrogen-bond donors (Lipinski definition) is 1. The van der Waals surface area contributed by atoms with Gasteiger partial charge >= 0.3 is 6.18 Å². The van der Waals surface area contributed by atoms with Gasteiger partial charge in [-0.3, -0.25) is 4.79 Å². The Hall–Kier alpha value is -2.45. The maximum absolute atomic E-state index is 12.1. The van der Waals surface area contributed by atoms with Crippen LogP contribution in [0, 0.1) is 0 Å². The van der Waals surface area contributed by atoms with Crippen LogP contribution in [-0.2, 0) is 9.53 Å². The van der Waals surface area contributed by atoms with Crippen LogP contribution in [0.2, 0.25) is 0 Å². The molecular weight excluding hydrogens is 365 g/mol. The average Bonchev–Trinajstić information content (AvgIpc) is 3.03. The van der Waals surface area contributed by atoms with Crippen LogP contribution >= 0.6 is 11.3 Å². The highest BCUT2D eigenvalue weighted by Crippen LogP contribution is 2.30. The number of carbonyl (C=O) groups excluding carboxylic acids is 1. The van der Waals surface area contributed by atoms with E-state index in [9.17, 15) is 18.0 Å². The number of carbonyl (C=O) groups is 1. The lowest BCUT2D eigenvalue weighted by molar-refractivity contribution is -0.184. The maximum atomic E-state index is 12.1. The number of ether oxygens (including phenoxy) is 1. The largest absolute Gasteiger partial charge is 0.411 e. The molecule has 136 valence electrons. The van der Waals surface area contributed by atoms with Gasteiger partial charge in [-0.2, -0.15) is 13.2 Å². The molecular formula is C18H15F3N2O2S. The van der Waals surface area contributed by atoms with Crippen molar-refractivity contribution in [2.75, 3.05) is 11.9 Å². The van der Waals surface area contributed by atoms with E-state index in [-0.39, 0.29) is 0 Å². The summed E-state index contributed by atoms with van der Waals surface area (Å²) >= 11 is 1.56. The number of fused-ring (bicyclic) bond motifs is 1. The van der Waals surface area contributed by atoms with Crippen molar-refractivity contribution in [3.8, 4) is 10.6 Å². The van der Waals surface area contributed by atoms with Gasteiger partial charge in [0.2, 0.25) is 0 Å². The third kappa shape index (κ3) is 4.59. The van der Waals surface area contributed by atoms with Crippen LogP contribution in [0.15, 0.2) is 48.5 Å². The molecule has 26 heavy (non-hydrogen) atoms. The van der Waals surface area contributed by atoms with E-state index in [1.54, 1.807) is 35.6 Å². The lowest BCUT2D eigenvalue weighted by Gasteiger charge is -2.14. The molecule has 1 atom stereocenters. The number of amides is 1. The number of alkyl halides is 3. The number of thiazole rings is 1. The summed E-state index contributed by atoms with van der Waals surface area (Å²) in [5.41, 5.74) is 2.29. The lowest BCUT2D eigenvalue weighted by atomic mass is 10.2. The van der Waals surface area contributed by atoms with Gasteiger partial charge in [0.25, 0.3) is 5.91 Å². The summed E-state index contributed by atoms with van der Waals surface area (Å²) in [6, 6.07) is 14.8. The number of nitrogens with one attached hydrogen (secondary N) is 1. The van der Waals surface area contributed by atoms with Gasteiger partial charge in [0, 0.05) is 11.3 Å². The van der Waals surface area contributed by atoms with Gasteiger partial charge in [-0.25, -0.2) is 4.98 Å². The first-order chi connectivity index (χ1) is 12.3. The highest BCUT2D eigenvalue weighted by atomic mass is 32.1. The van der Waals surface area contributed by atoms with Crippen molar-refractivity contribution in [3.05, 3.63) is 48.5 Å². The molecule has 1 heterocycles. The molecule has 0 bridgehead atoms. The minimum atomic E-state index is -4.46. The van der Waals surface area contributed by atoms with E-state index in [1.807, 2.05) is 24.3 Å². The Labute approximate surface area is 151 Å². The normalized spacial score (nSPS) is 12.9. The van der Waals surface area contributed by atoms with E-state index in [2.05, 4.69) is 15.0 Å². The summed E-state index contributed by atoms with van der Waals surface area (Å²) in [5, 5.41) is 3.39. The molecule has 0 aliphatic rings. The molecule has 0 aliphatic carbocycles. The number of halogens is 3. The predicted molar refractivity (Wildman–Crippen MR) is 95.2 cm³/mol. The van der Waals surface area contributed by atoms with Crippen LogP contribution in [0.1, 0.15) is 6.92 Å². The molecule has 3 aromatic rings. The Morgan fingerprint density at radius 2 is 1.88 bits per heavy atom. The molecule has 0 radical (unpaired) electrons. The molecule has 0 fully saturated rings. The van der Waals surface area contributed by atoms with Crippen molar-refractivity contribution in [2.45, 2.75) is 19.2 Å². The van der Waals surface area contributed by atoms with Crippen LogP contribution in [0.3, 0.4) is 0 Å². The molecule has 1 unspecified atom stereocenters. The second kappa shape index (κ2) is 7.43. The number of para-hydroxylation sites is 1. The van der Waals surface area contributed by atoms with E-state index < -0.39 is 24.8 Å². The average molecular weight is 380 g/mol. The number of anilines is 1. The molecule has 0 saturated heterocycles. The highest BCUT2D eigenvalue weighted by Gasteiger charge is 2.29. The van der Waals surface area contributed by atoms with Gasteiger partial charge in [0.05, 0.1) is 10.2 Å². The zero-order valence-corrected chi connectivity index (χ0v) is 14.5. The third-order valence-corrected chi connectivity index (χ3v) is 4.64. The second-order valence-electron chi connectivity index (χ2n) is 5.62. The number of aromatic nitrogens is 1. The van der Waals surface area contributed by atoms with E-state index in [4.69, 9.17) is 0 Å². The number of nitrogens with zero attached hydrogens (tertiary/aromatic N) is 1. The Balaban J connectivity index is 1.65. The van der Waals surface area contributed by atoms with E-state index in [1.165, 1.54) is 6.92 Å². The quantitative estimate of drug-likeness (QED) is 0.687. The van der Waals surface area contributed by atoms with Crippen LogP contribution < -0.4 is 5.32 Å². The summed E-state index contributed by atoms with van der Waals surface area (Å²) in [7, 11) is 0. The molecule has 1 N–H and O–H groups in total. The number of benzene rings is 2. The standard InChI is InChI=1S/C18H15F3N2O2S/c1-11(25-10-18(19,20)21)16(24)22-13-8-6-12(7-9-13)17-23-14-4-2-3-5-15(14)26-17/h2-9,11H,10H2,1H3,(H,22,24). The summed E-state index contributed by atoms with van der Waals surface area (Å²) in [6.45, 7) is -0.186. The molecule has 0 saturated carbocycles. The minimum absolute atomic E-state index is 0.474. The molecule has 2 aromatic carbocycles. The Morgan fingerprint density at radius 3 is 2.54 bits per heavy atom. The van der Waals surface area contributed by atoms with Crippen LogP contribution in [0.25, 0.3) is 20.8 Å². The van der Waals surface area contributed by atoms with Crippen LogP contribution in [0.4, 0.5) is 18.9 Å². The van der Waals surface area contributed by atoms with Gasteiger partial charge in [-0.1, -0.05) is 12.1 Å². The zero-order valence-electron chi connectivity index (χ0n) is 13.7. The molecule has 0 spiro atoms. The molecule has 1 aromatic heterocycles.